The molecule has 0 fully saturated rings. The predicted molar refractivity (Wildman–Crippen MR) is 57.6 cm³/mol. The summed E-state index contributed by atoms with van der Waals surface area (Å²) in [5.41, 5.74) is 6.60. The molecule has 72 valence electrons. The maximum Gasteiger partial charge on any atom is 0.0500 e. The van der Waals surface area contributed by atoms with Gasteiger partial charge in [0.25, 0.3) is 0 Å². The normalized spacial score (nSPS) is 12.8. The molecular formula is C10H14BrNO. The Labute approximate surface area is 86.9 Å². The summed E-state index contributed by atoms with van der Waals surface area (Å²) in [4.78, 5) is 0. The minimum absolute atomic E-state index is 0.153. The lowest BCUT2D eigenvalue weighted by molar-refractivity contribution is 0.260. The van der Waals surface area contributed by atoms with Crippen LogP contribution in [0.25, 0.3) is 0 Å². The lowest BCUT2D eigenvalue weighted by atomic mass is 9.97. The van der Waals surface area contributed by atoms with E-state index in [0.29, 0.717) is 6.54 Å². The lowest BCUT2D eigenvalue weighted by Gasteiger charge is -2.14. The van der Waals surface area contributed by atoms with E-state index >= 15 is 0 Å². The zero-order valence-electron chi connectivity index (χ0n) is 7.41. The Morgan fingerprint density at radius 3 is 2.62 bits per heavy atom. The molecule has 0 bridgehead atoms. The van der Waals surface area contributed by atoms with Gasteiger partial charge in [-0.3, -0.25) is 0 Å². The first-order valence-corrected chi connectivity index (χ1v) is 5.14. The second-order valence-corrected chi connectivity index (χ2v) is 3.83. The molecule has 1 atom stereocenters. The van der Waals surface area contributed by atoms with Gasteiger partial charge in [-0.15, -0.1) is 0 Å². The minimum atomic E-state index is 0.153. The minimum Gasteiger partial charge on any atom is -0.396 e. The smallest absolute Gasteiger partial charge is 0.0500 e. The molecule has 3 N–H and O–H groups in total. The molecule has 2 nitrogen and oxygen atoms in total. The number of halogens is 1. The van der Waals surface area contributed by atoms with E-state index in [1.54, 1.807) is 0 Å². The van der Waals surface area contributed by atoms with Crippen LogP contribution >= 0.6 is 15.9 Å². The van der Waals surface area contributed by atoms with Crippen LogP contribution in [0.2, 0.25) is 0 Å². The fourth-order valence-electron chi connectivity index (χ4n) is 1.35. The molecule has 1 aromatic carbocycles. The van der Waals surface area contributed by atoms with Gasteiger partial charge in [-0.05, 0) is 24.6 Å². The number of aliphatic hydroxyl groups excluding tert-OH is 1. The van der Waals surface area contributed by atoms with Crippen molar-refractivity contribution in [1.29, 1.82) is 0 Å². The van der Waals surface area contributed by atoms with E-state index in [-0.39, 0.29) is 12.5 Å². The molecule has 0 amide bonds. The lowest BCUT2D eigenvalue weighted by Crippen LogP contribution is -2.11. The Hall–Kier alpha value is -0.380. The van der Waals surface area contributed by atoms with Gasteiger partial charge in [0.2, 0.25) is 0 Å². The molecule has 13 heavy (non-hydrogen) atoms. The third-order valence-corrected chi connectivity index (χ3v) is 2.80. The van der Waals surface area contributed by atoms with Crippen LogP contribution in [0.5, 0.6) is 0 Å². The number of aliphatic hydroxyl groups is 1. The van der Waals surface area contributed by atoms with Gasteiger partial charge in [-0.2, -0.15) is 0 Å². The van der Waals surface area contributed by atoms with Gasteiger partial charge in [-0.1, -0.05) is 34.1 Å². The average Bonchev–Trinajstić information content (AvgIpc) is 2.16. The van der Waals surface area contributed by atoms with Crippen LogP contribution in [0.1, 0.15) is 17.9 Å². The van der Waals surface area contributed by atoms with Crippen LogP contribution in [0, 0.1) is 0 Å². The van der Waals surface area contributed by atoms with Crippen LogP contribution in [-0.2, 0) is 0 Å². The molecule has 1 aromatic rings. The number of hydrogen-bond donors (Lipinski definition) is 2. The van der Waals surface area contributed by atoms with Gasteiger partial charge < -0.3 is 10.8 Å². The highest BCUT2D eigenvalue weighted by atomic mass is 79.9. The second kappa shape index (κ2) is 5.37. The maximum atomic E-state index is 9.16. The Kier molecular flexibility index (Phi) is 4.42. The van der Waals surface area contributed by atoms with Gasteiger partial charge in [0.05, 0.1) is 6.61 Å². The molecule has 0 aliphatic rings. The fraction of sp³-hybridized carbons (Fsp3) is 0.400. The first-order chi connectivity index (χ1) is 6.29. The highest BCUT2D eigenvalue weighted by Crippen LogP contribution is 2.26. The number of hydrogen-bond acceptors (Lipinski definition) is 2. The summed E-state index contributed by atoms with van der Waals surface area (Å²) >= 11 is 3.46. The highest BCUT2D eigenvalue weighted by Gasteiger charge is 2.11. The van der Waals surface area contributed by atoms with E-state index in [0.717, 1.165) is 16.5 Å². The summed E-state index contributed by atoms with van der Waals surface area (Å²) in [7, 11) is 0. The fourth-order valence-corrected chi connectivity index (χ4v) is 1.96. The third-order valence-electron chi connectivity index (χ3n) is 2.08. The molecule has 0 radical (unpaired) electrons. The summed E-state index contributed by atoms with van der Waals surface area (Å²) in [6.45, 7) is 0.756. The predicted octanol–water partition coefficient (Wildman–Crippen LogP) is 1.87. The molecule has 0 saturated heterocycles. The van der Waals surface area contributed by atoms with Crippen molar-refractivity contribution in [1.82, 2.24) is 0 Å². The van der Waals surface area contributed by atoms with Crippen LogP contribution in [-0.4, -0.2) is 18.3 Å². The summed E-state index contributed by atoms with van der Waals surface area (Å²) in [6, 6.07) is 7.93. The molecular weight excluding hydrogens is 230 g/mol. The van der Waals surface area contributed by atoms with Gasteiger partial charge in [-0.25, -0.2) is 0 Å². The van der Waals surface area contributed by atoms with E-state index in [4.69, 9.17) is 10.8 Å². The third kappa shape index (κ3) is 2.79. The molecule has 0 heterocycles. The molecule has 0 saturated carbocycles. The van der Waals surface area contributed by atoms with Crippen LogP contribution in [0.4, 0.5) is 0 Å². The largest absolute Gasteiger partial charge is 0.396 e. The first kappa shape index (κ1) is 10.7. The van der Waals surface area contributed by atoms with Gasteiger partial charge in [0.1, 0.15) is 0 Å². The van der Waals surface area contributed by atoms with E-state index < -0.39 is 0 Å². The molecule has 3 heteroatoms. The van der Waals surface area contributed by atoms with Crippen molar-refractivity contribution in [2.45, 2.75) is 12.3 Å². The topological polar surface area (TPSA) is 46.2 Å². The second-order valence-electron chi connectivity index (χ2n) is 2.98. The Balaban J connectivity index is 2.84. The summed E-state index contributed by atoms with van der Waals surface area (Å²) in [6.07, 6.45) is 0.819. The van der Waals surface area contributed by atoms with Crippen LogP contribution < -0.4 is 5.73 Å². The van der Waals surface area contributed by atoms with Gasteiger partial charge in [0, 0.05) is 10.4 Å². The van der Waals surface area contributed by atoms with Crippen molar-refractivity contribution >= 4 is 15.9 Å². The van der Waals surface area contributed by atoms with E-state index in [9.17, 15) is 0 Å². The standard InChI is InChI=1S/C10H14BrNO/c11-10-4-2-1-3-9(10)8(7-13)5-6-12/h1-4,8,13H,5-7,12H2. The zero-order chi connectivity index (χ0) is 9.68. The molecule has 0 aliphatic carbocycles. The first-order valence-electron chi connectivity index (χ1n) is 4.35. The van der Waals surface area contributed by atoms with Gasteiger partial charge in [0.15, 0.2) is 0 Å². The Morgan fingerprint density at radius 1 is 1.38 bits per heavy atom. The number of benzene rings is 1. The van der Waals surface area contributed by atoms with E-state index in [1.165, 1.54) is 0 Å². The van der Waals surface area contributed by atoms with Crippen molar-refractivity contribution < 1.29 is 5.11 Å². The van der Waals surface area contributed by atoms with Crippen molar-refractivity contribution in [3.63, 3.8) is 0 Å². The average molecular weight is 244 g/mol. The van der Waals surface area contributed by atoms with Crippen molar-refractivity contribution in [2.24, 2.45) is 5.73 Å². The van der Waals surface area contributed by atoms with Gasteiger partial charge >= 0.3 is 0 Å². The molecule has 0 aliphatic heterocycles. The summed E-state index contributed by atoms with van der Waals surface area (Å²) < 4.78 is 1.04. The quantitative estimate of drug-likeness (QED) is 0.849. The van der Waals surface area contributed by atoms with Crippen molar-refractivity contribution in [2.75, 3.05) is 13.2 Å². The maximum absolute atomic E-state index is 9.16. The summed E-state index contributed by atoms with van der Waals surface area (Å²) in [5.74, 6) is 0.153. The SMILES string of the molecule is NCCC(CO)c1ccccc1Br. The molecule has 0 aromatic heterocycles. The van der Waals surface area contributed by atoms with E-state index in [2.05, 4.69) is 15.9 Å². The molecule has 1 rings (SSSR count). The Morgan fingerprint density at radius 2 is 2.08 bits per heavy atom. The molecule has 0 spiro atoms. The van der Waals surface area contributed by atoms with Crippen LogP contribution in [0.3, 0.4) is 0 Å². The van der Waals surface area contributed by atoms with Crippen molar-refractivity contribution in [3.8, 4) is 0 Å². The van der Waals surface area contributed by atoms with Crippen LogP contribution in [0.15, 0.2) is 28.7 Å². The summed E-state index contributed by atoms with van der Waals surface area (Å²) in [5, 5.41) is 9.16. The zero-order valence-corrected chi connectivity index (χ0v) is 9.00. The van der Waals surface area contributed by atoms with Crippen molar-refractivity contribution in [3.05, 3.63) is 34.3 Å². The Bertz CT molecular complexity index is 265. The number of rotatable bonds is 4. The monoisotopic (exact) mass is 243 g/mol. The highest BCUT2D eigenvalue weighted by molar-refractivity contribution is 9.10. The number of nitrogens with two attached hydrogens (primary N) is 1. The molecule has 1 unspecified atom stereocenters. The van der Waals surface area contributed by atoms with E-state index in [1.807, 2.05) is 24.3 Å².